The van der Waals surface area contributed by atoms with Crippen LogP contribution in [0.4, 0.5) is 24.5 Å². The van der Waals surface area contributed by atoms with Gasteiger partial charge in [0, 0.05) is 55.4 Å². The summed E-state index contributed by atoms with van der Waals surface area (Å²) in [5.41, 5.74) is 9.90. The van der Waals surface area contributed by atoms with Gasteiger partial charge in [0.2, 0.25) is 0 Å². The van der Waals surface area contributed by atoms with Crippen LogP contribution in [0.15, 0.2) is 30.5 Å². The minimum Gasteiger partial charge on any atom is -0.493 e. The summed E-state index contributed by atoms with van der Waals surface area (Å²) in [5.74, 6) is -2.66. The summed E-state index contributed by atoms with van der Waals surface area (Å²) in [6, 6.07) is 7.47. The molecule has 40 heavy (non-hydrogen) atoms. The van der Waals surface area contributed by atoms with Gasteiger partial charge in [-0.1, -0.05) is 6.07 Å². The lowest BCUT2D eigenvalue weighted by atomic mass is 10.0. The number of alkyl halides is 3. The van der Waals surface area contributed by atoms with E-state index in [0.717, 1.165) is 36.5 Å². The summed E-state index contributed by atoms with van der Waals surface area (Å²) >= 11 is 0. The topological polar surface area (TPSA) is 151 Å². The number of halogens is 3. The summed E-state index contributed by atoms with van der Waals surface area (Å²) in [5, 5.41) is 11.2. The number of hydrogen-bond donors (Lipinski definition) is 3. The number of primary amides is 1. The molecular weight excluding hydrogens is 533 g/mol. The quantitative estimate of drug-likeness (QED) is 0.438. The maximum atomic E-state index is 13.2. The molecule has 0 spiro atoms. The molecular formula is C26H27F3N6O5. The smallest absolute Gasteiger partial charge is 0.490 e. The highest BCUT2D eigenvalue weighted by molar-refractivity contribution is 6.09. The third-order valence-electron chi connectivity index (χ3n) is 6.55. The van der Waals surface area contributed by atoms with Gasteiger partial charge >= 0.3 is 12.1 Å². The van der Waals surface area contributed by atoms with Crippen LogP contribution < -0.4 is 15.8 Å². The zero-order valence-electron chi connectivity index (χ0n) is 21.7. The number of nitrogens with one attached hydrogen (secondary N) is 1. The summed E-state index contributed by atoms with van der Waals surface area (Å²) in [7, 11) is 2.04. The van der Waals surface area contributed by atoms with Crippen molar-refractivity contribution in [2.75, 3.05) is 45.2 Å². The molecule has 1 fully saturated rings. The summed E-state index contributed by atoms with van der Waals surface area (Å²) in [4.78, 5) is 47.4. The van der Waals surface area contributed by atoms with Crippen LogP contribution in [0.1, 0.15) is 32.1 Å². The number of carbonyl (C=O) groups is 3. The molecule has 0 unspecified atom stereocenters. The minimum absolute atomic E-state index is 0.127. The van der Waals surface area contributed by atoms with Gasteiger partial charge in [0.1, 0.15) is 11.4 Å². The highest BCUT2D eigenvalue weighted by Crippen LogP contribution is 2.36. The summed E-state index contributed by atoms with van der Waals surface area (Å²) in [6.07, 6.45) is -2.86. The Labute approximate surface area is 226 Å². The molecule has 14 heteroatoms. The molecule has 4 heterocycles. The van der Waals surface area contributed by atoms with Gasteiger partial charge in [-0.05, 0) is 32.2 Å². The number of piperazine rings is 1. The third kappa shape index (κ3) is 6.06. The molecule has 2 aromatic heterocycles. The number of carboxylic acids is 1. The predicted octanol–water partition coefficient (Wildman–Crippen LogP) is 2.74. The molecule has 1 saturated heterocycles. The van der Waals surface area contributed by atoms with Crippen LogP contribution in [0.2, 0.25) is 0 Å². The Kier molecular flexibility index (Phi) is 8.09. The number of aromatic nitrogens is 2. The van der Waals surface area contributed by atoms with Gasteiger partial charge < -0.3 is 30.7 Å². The molecule has 5 rings (SSSR count). The normalized spacial score (nSPS) is 15.1. The molecule has 3 aromatic rings. The number of amides is 2. The first kappa shape index (κ1) is 28.5. The lowest BCUT2D eigenvalue weighted by molar-refractivity contribution is -0.192. The average Bonchev–Trinajstić information content (AvgIpc) is 3.38. The van der Waals surface area contributed by atoms with Crippen molar-refractivity contribution in [3.8, 4) is 5.75 Å². The van der Waals surface area contributed by atoms with Crippen molar-refractivity contribution in [3.05, 3.63) is 53.0 Å². The van der Waals surface area contributed by atoms with E-state index >= 15 is 0 Å². The predicted molar refractivity (Wildman–Crippen MR) is 139 cm³/mol. The van der Waals surface area contributed by atoms with Gasteiger partial charge in [-0.15, -0.1) is 0 Å². The fourth-order valence-corrected chi connectivity index (χ4v) is 4.43. The van der Waals surface area contributed by atoms with Gasteiger partial charge in [-0.2, -0.15) is 13.2 Å². The monoisotopic (exact) mass is 560 g/mol. The summed E-state index contributed by atoms with van der Waals surface area (Å²) in [6.45, 7) is 5.36. The maximum absolute atomic E-state index is 13.2. The number of ether oxygens (including phenoxy) is 1. The second-order valence-corrected chi connectivity index (χ2v) is 9.30. The molecule has 212 valence electrons. The standard InChI is InChI=1S/C24H26N6O3.C2HF3O2/c1-14-21-16(12-19(27-14)24(32)30-9-7-29(2)8-10-30)22(17(13-26-21)23(25)31)28-18-4-3-5-20-15(18)6-11-33-20;3-2(4,5)1(6)7/h3-5,12-13H,6-11H2,1-2H3,(H2,25,31)(H,26,28);(H,6,7). The molecule has 4 N–H and O–H groups in total. The fraction of sp³-hybridized carbons (Fsp3) is 0.346. The number of pyridine rings is 2. The molecule has 11 nitrogen and oxygen atoms in total. The van der Waals surface area contributed by atoms with Crippen molar-refractivity contribution < 1.29 is 37.4 Å². The van der Waals surface area contributed by atoms with Crippen LogP contribution in [0.5, 0.6) is 5.75 Å². The zero-order valence-corrected chi connectivity index (χ0v) is 21.7. The Morgan fingerprint density at radius 1 is 1.15 bits per heavy atom. The molecule has 0 bridgehead atoms. The maximum Gasteiger partial charge on any atom is 0.490 e. The zero-order chi connectivity index (χ0) is 29.2. The minimum atomic E-state index is -5.08. The first-order chi connectivity index (χ1) is 18.9. The van der Waals surface area contributed by atoms with Crippen LogP contribution in [0.25, 0.3) is 10.9 Å². The average molecular weight is 561 g/mol. The van der Waals surface area contributed by atoms with Gasteiger partial charge in [-0.25, -0.2) is 9.78 Å². The van der Waals surface area contributed by atoms with Gasteiger partial charge in [0.15, 0.2) is 0 Å². The van der Waals surface area contributed by atoms with Crippen molar-refractivity contribution in [2.24, 2.45) is 5.73 Å². The van der Waals surface area contributed by atoms with E-state index in [1.165, 1.54) is 6.20 Å². The molecule has 0 aliphatic carbocycles. The molecule has 2 amide bonds. The largest absolute Gasteiger partial charge is 0.493 e. The van der Waals surface area contributed by atoms with Crippen molar-refractivity contribution in [1.29, 1.82) is 0 Å². The Balaban J connectivity index is 0.000000470. The number of carboxylic acid groups (broad SMARTS) is 1. The van der Waals surface area contributed by atoms with Gasteiger partial charge in [0.25, 0.3) is 11.8 Å². The molecule has 1 aromatic carbocycles. The van der Waals surface area contributed by atoms with E-state index in [2.05, 4.69) is 20.2 Å². The lowest BCUT2D eigenvalue weighted by Crippen LogP contribution is -2.47. The Morgan fingerprint density at radius 2 is 1.82 bits per heavy atom. The first-order valence-corrected chi connectivity index (χ1v) is 12.3. The molecule has 2 aliphatic rings. The number of aryl methyl sites for hydroxylation is 1. The van der Waals surface area contributed by atoms with Crippen molar-refractivity contribution in [1.82, 2.24) is 19.8 Å². The Morgan fingerprint density at radius 3 is 2.45 bits per heavy atom. The van der Waals surface area contributed by atoms with Crippen molar-refractivity contribution in [3.63, 3.8) is 0 Å². The number of fused-ring (bicyclic) bond motifs is 2. The van der Waals surface area contributed by atoms with E-state index in [9.17, 15) is 22.8 Å². The van der Waals surface area contributed by atoms with Crippen LogP contribution in [-0.4, -0.2) is 88.7 Å². The van der Waals surface area contributed by atoms with Crippen molar-refractivity contribution in [2.45, 2.75) is 19.5 Å². The van der Waals surface area contributed by atoms with Crippen LogP contribution in [0, 0.1) is 6.92 Å². The highest BCUT2D eigenvalue weighted by atomic mass is 19.4. The SMILES string of the molecule is Cc1nc(C(=O)N2CCN(C)CC2)cc2c(Nc3cccc4c3CCO4)c(C(N)=O)cnc12.O=C(O)C(F)(F)F. The Bertz CT molecular complexity index is 1470. The third-order valence-corrected chi connectivity index (χ3v) is 6.55. The van der Waals surface area contributed by atoms with Crippen LogP contribution in [0.3, 0.4) is 0 Å². The number of aliphatic carboxylic acids is 1. The number of anilines is 2. The molecule has 0 radical (unpaired) electrons. The van der Waals surface area contributed by atoms with E-state index in [1.807, 2.05) is 37.1 Å². The van der Waals surface area contributed by atoms with E-state index < -0.39 is 18.1 Å². The highest BCUT2D eigenvalue weighted by Gasteiger charge is 2.38. The lowest BCUT2D eigenvalue weighted by Gasteiger charge is -2.32. The fourth-order valence-electron chi connectivity index (χ4n) is 4.43. The van der Waals surface area contributed by atoms with Crippen molar-refractivity contribution >= 4 is 40.1 Å². The van der Waals surface area contributed by atoms with E-state index in [-0.39, 0.29) is 11.5 Å². The summed E-state index contributed by atoms with van der Waals surface area (Å²) < 4.78 is 37.4. The van der Waals surface area contributed by atoms with E-state index in [4.69, 9.17) is 20.4 Å². The molecule has 2 aliphatic heterocycles. The van der Waals surface area contributed by atoms with E-state index in [1.54, 1.807) is 6.07 Å². The molecule has 0 atom stereocenters. The second kappa shape index (κ2) is 11.3. The first-order valence-electron chi connectivity index (χ1n) is 12.3. The van der Waals surface area contributed by atoms with Gasteiger partial charge in [0.05, 0.1) is 29.1 Å². The number of likely N-dealkylation sites (N-methyl/N-ethyl adjacent to an activating group) is 1. The van der Waals surface area contributed by atoms with E-state index in [0.29, 0.717) is 47.7 Å². The number of rotatable bonds is 4. The number of nitrogens with zero attached hydrogens (tertiary/aromatic N) is 4. The molecule has 0 saturated carbocycles. The number of nitrogens with two attached hydrogens (primary N) is 1. The number of hydrogen-bond acceptors (Lipinski definition) is 8. The number of carbonyl (C=O) groups excluding carboxylic acids is 2. The van der Waals surface area contributed by atoms with Crippen LogP contribution in [-0.2, 0) is 11.2 Å². The second-order valence-electron chi connectivity index (χ2n) is 9.30. The van der Waals surface area contributed by atoms with Crippen LogP contribution >= 0.6 is 0 Å². The van der Waals surface area contributed by atoms with Gasteiger partial charge in [-0.3, -0.25) is 14.6 Å². The Hall–Kier alpha value is -4.46. The number of benzene rings is 1.